The molecule has 30 heavy (non-hydrogen) atoms. The lowest BCUT2D eigenvalue weighted by molar-refractivity contribution is 0.0699. The molecule has 0 radical (unpaired) electrons. The molecule has 0 bridgehead atoms. The number of aliphatic hydroxyl groups excluding tert-OH is 1. The zero-order valence-electron chi connectivity index (χ0n) is 16.2. The van der Waals surface area contributed by atoms with Gasteiger partial charge in [0.15, 0.2) is 5.76 Å². The van der Waals surface area contributed by atoms with Gasteiger partial charge in [-0.2, -0.15) is 0 Å². The molecule has 0 aliphatic rings. The van der Waals surface area contributed by atoms with Gasteiger partial charge in [-0.05, 0) is 50.2 Å². The number of ether oxygens (including phenoxy) is 1. The zero-order valence-corrected chi connectivity index (χ0v) is 16.2. The maximum absolute atomic E-state index is 13.3. The molecule has 0 aliphatic heterocycles. The Labute approximate surface area is 170 Å². The summed E-state index contributed by atoms with van der Waals surface area (Å²) in [4.78, 5) is 12.0. The summed E-state index contributed by atoms with van der Waals surface area (Å²) < 4.78 is 30.2. The van der Waals surface area contributed by atoms with Gasteiger partial charge >= 0.3 is 5.97 Å². The Morgan fingerprint density at radius 1 is 1.20 bits per heavy atom. The predicted octanol–water partition coefficient (Wildman–Crippen LogP) is 4.87. The molecule has 0 unspecified atom stereocenters. The van der Waals surface area contributed by atoms with Crippen LogP contribution in [0.25, 0.3) is 33.6 Å². The highest BCUT2D eigenvalue weighted by atomic mass is 19.1. The van der Waals surface area contributed by atoms with Gasteiger partial charge in [0, 0.05) is 22.6 Å². The average Bonchev–Trinajstić information content (AvgIpc) is 3.31. The van der Waals surface area contributed by atoms with Gasteiger partial charge in [-0.25, -0.2) is 9.18 Å². The minimum atomic E-state index is -1.18. The first kappa shape index (κ1) is 19.7. The third-order valence-corrected chi connectivity index (χ3v) is 4.46. The first-order chi connectivity index (χ1) is 14.4. The number of hydrogen-bond acceptors (Lipinski definition) is 6. The molecule has 2 aromatic carbocycles. The normalized spacial score (nSPS) is 11.4. The van der Waals surface area contributed by atoms with Gasteiger partial charge in [0.2, 0.25) is 0 Å². The quantitative estimate of drug-likeness (QED) is 0.466. The second-order valence-corrected chi connectivity index (χ2v) is 6.97. The van der Waals surface area contributed by atoms with Crippen molar-refractivity contribution in [2.24, 2.45) is 0 Å². The van der Waals surface area contributed by atoms with E-state index in [0.29, 0.717) is 33.5 Å². The van der Waals surface area contributed by atoms with Crippen molar-refractivity contribution >= 4 is 16.9 Å². The van der Waals surface area contributed by atoms with Crippen molar-refractivity contribution in [3.8, 4) is 28.3 Å². The van der Waals surface area contributed by atoms with Crippen LogP contribution in [-0.2, 0) is 6.61 Å². The number of hydrogen-bond donors (Lipinski definition) is 2. The first-order valence-corrected chi connectivity index (χ1v) is 9.20. The molecule has 2 heterocycles. The SMILES string of the molecule is CC(C)Oc1cc2c(C(=O)O)c(-c3ccc(F)cc3)oc2cc1-c1cc(CO)on1. The lowest BCUT2D eigenvalue weighted by atomic mass is 10.0. The lowest BCUT2D eigenvalue weighted by Gasteiger charge is -2.13. The predicted molar refractivity (Wildman–Crippen MR) is 106 cm³/mol. The molecule has 0 saturated carbocycles. The smallest absolute Gasteiger partial charge is 0.340 e. The fraction of sp³-hybridized carbons (Fsp3) is 0.182. The number of furan rings is 1. The molecule has 0 fully saturated rings. The van der Waals surface area contributed by atoms with Crippen LogP contribution in [0.2, 0.25) is 0 Å². The zero-order chi connectivity index (χ0) is 21.4. The third kappa shape index (κ3) is 3.53. The molecule has 154 valence electrons. The third-order valence-electron chi connectivity index (χ3n) is 4.46. The van der Waals surface area contributed by atoms with Crippen molar-refractivity contribution in [1.82, 2.24) is 5.16 Å². The summed E-state index contributed by atoms with van der Waals surface area (Å²) in [6.45, 7) is 3.37. The summed E-state index contributed by atoms with van der Waals surface area (Å²) in [6.07, 6.45) is -0.192. The van der Waals surface area contributed by atoms with Gasteiger partial charge in [-0.1, -0.05) is 5.16 Å². The second kappa shape index (κ2) is 7.64. The monoisotopic (exact) mass is 411 g/mol. The van der Waals surface area contributed by atoms with E-state index in [1.54, 1.807) is 18.2 Å². The molecule has 2 aromatic heterocycles. The molecule has 0 saturated heterocycles. The van der Waals surface area contributed by atoms with Crippen molar-refractivity contribution in [3.63, 3.8) is 0 Å². The Balaban J connectivity index is 1.97. The van der Waals surface area contributed by atoms with E-state index in [4.69, 9.17) is 13.7 Å². The fourth-order valence-corrected chi connectivity index (χ4v) is 3.21. The molecular weight excluding hydrogens is 393 g/mol. The van der Waals surface area contributed by atoms with Crippen LogP contribution in [0, 0.1) is 5.82 Å². The van der Waals surface area contributed by atoms with Crippen molar-refractivity contribution < 1.29 is 33.1 Å². The average molecular weight is 411 g/mol. The van der Waals surface area contributed by atoms with Crippen LogP contribution in [0.3, 0.4) is 0 Å². The van der Waals surface area contributed by atoms with Gasteiger partial charge in [-0.3, -0.25) is 0 Å². The van der Waals surface area contributed by atoms with E-state index in [9.17, 15) is 19.4 Å². The van der Waals surface area contributed by atoms with Gasteiger partial charge in [-0.15, -0.1) is 0 Å². The highest BCUT2D eigenvalue weighted by Gasteiger charge is 2.25. The van der Waals surface area contributed by atoms with E-state index in [2.05, 4.69) is 5.16 Å². The number of aromatic carboxylic acids is 1. The van der Waals surface area contributed by atoms with Crippen LogP contribution in [0.5, 0.6) is 5.75 Å². The van der Waals surface area contributed by atoms with Gasteiger partial charge in [0.05, 0.1) is 6.10 Å². The maximum atomic E-state index is 13.3. The Hall–Kier alpha value is -3.65. The molecule has 7 nitrogen and oxygen atoms in total. The lowest BCUT2D eigenvalue weighted by Crippen LogP contribution is -2.07. The molecule has 0 spiro atoms. The number of aliphatic hydroxyl groups is 1. The number of benzene rings is 2. The number of aromatic nitrogens is 1. The number of halogens is 1. The van der Waals surface area contributed by atoms with E-state index in [-0.39, 0.29) is 29.8 Å². The van der Waals surface area contributed by atoms with E-state index in [0.717, 1.165) is 0 Å². The summed E-state index contributed by atoms with van der Waals surface area (Å²) in [6, 6.07) is 10.1. The summed E-state index contributed by atoms with van der Waals surface area (Å²) in [5, 5.41) is 23.4. The molecule has 2 N–H and O–H groups in total. The van der Waals surface area contributed by atoms with Crippen LogP contribution in [-0.4, -0.2) is 27.4 Å². The first-order valence-electron chi connectivity index (χ1n) is 9.20. The number of nitrogens with zero attached hydrogens (tertiary/aromatic N) is 1. The van der Waals surface area contributed by atoms with Crippen molar-refractivity contribution in [3.05, 3.63) is 59.6 Å². The van der Waals surface area contributed by atoms with Crippen molar-refractivity contribution in [2.75, 3.05) is 0 Å². The molecular formula is C22H18FNO6. The molecule has 8 heteroatoms. The highest BCUT2D eigenvalue weighted by molar-refractivity contribution is 6.09. The minimum absolute atomic E-state index is 0.0482. The minimum Gasteiger partial charge on any atom is -0.490 e. The number of fused-ring (bicyclic) bond motifs is 1. The summed E-state index contributed by atoms with van der Waals surface area (Å²) in [7, 11) is 0. The number of carbonyl (C=O) groups is 1. The van der Waals surface area contributed by atoms with Crippen molar-refractivity contribution in [2.45, 2.75) is 26.6 Å². The van der Waals surface area contributed by atoms with Crippen LogP contribution in [0.1, 0.15) is 30.0 Å². The van der Waals surface area contributed by atoms with Gasteiger partial charge < -0.3 is 23.9 Å². The molecule has 4 aromatic rings. The fourth-order valence-electron chi connectivity index (χ4n) is 3.21. The van der Waals surface area contributed by atoms with Crippen LogP contribution in [0.15, 0.2) is 51.4 Å². The summed E-state index contributed by atoms with van der Waals surface area (Å²) in [5.74, 6) is -0.837. The van der Waals surface area contributed by atoms with Crippen LogP contribution >= 0.6 is 0 Å². The summed E-state index contributed by atoms with van der Waals surface area (Å²) in [5.41, 5.74) is 1.62. The number of carboxylic acids is 1. The van der Waals surface area contributed by atoms with Crippen molar-refractivity contribution in [1.29, 1.82) is 0 Å². The van der Waals surface area contributed by atoms with Gasteiger partial charge in [0.1, 0.15) is 40.8 Å². The van der Waals surface area contributed by atoms with Gasteiger partial charge in [0.25, 0.3) is 0 Å². The highest BCUT2D eigenvalue weighted by Crippen LogP contribution is 2.40. The topological polar surface area (TPSA) is 106 Å². The van der Waals surface area contributed by atoms with E-state index in [1.807, 2.05) is 13.8 Å². The van der Waals surface area contributed by atoms with E-state index >= 15 is 0 Å². The Morgan fingerprint density at radius 2 is 1.93 bits per heavy atom. The Bertz CT molecular complexity index is 1220. The summed E-state index contributed by atoms with van der Waals surface area (Å²) >= 11 is 0. The molecule has 4 rings (SSSR count). The van der Waals surface area contributed by atoms with E-state index in [1.165, 1.54) is 24.3 Å². The number of rotatable bonds is 6. The van der Waals surface area contributed by atoms with E-state index < -0.39 is 11.8 Å². The standard InChI is InChI=1S/C22H18FNO6/c1-11(2)28-18-9-16-19(8-15(18)17-7-14(10-25)30-24-17)29-21(20(16)22(26)27)12-3-5-13(23)6-4-12/h3-9,11,25H,10H2,1-2H3,(H,26,27). The Kier molecular flexibility index (Phi) is 5.01. The maximum Gasteiger partial charge on any atom is 0.340 e. The Morgan fingerprint density at radius 3 is 2.53 bits per heavy atom. The second-order valence-electron chi connectivity index (χ2n) is 6.97. The number of carboxylic acid groups (broad SMARTS) is 1. The van der Waals surface area contributed by atoms with Crippen LogP contribution < -0.4 is 4.74 Å². The molecule has 0 atom stereocenters. The largest absolute Gasteiger partial charge is 0.490 e. The molecule has 0 aliphatic carbocycles. The molecule has 0 amide bonds. The van der Waals surface area contributed by atoms with Crippen LogP contribution in [0.4, 0.5) is 4.39 Å².